The van der Waals surface area contributed by atoms with E-state index in [0.29, 0.717) is 27.7 Å². The third-order valence-corrected chi connectivity index (χ3v) is 2.93. The van der Waals surface area contributed by atoms with Gasteiger partial charge in [-0.3, -0.25) is 20.4 Å². The largest absolute Gasteiger partial charge is 0.466 e. The smallest absolute Gasteiger partial charge is 0.273 e. The molecule has 1 heterocycles. The summed E-state index contributed by atoms with van der Waals surface area (Å²) in [6.45, 7) is 3.43. The van der Waals surface area contributed by atoms with Crippen LogP contribution in [-0.2, 0) is 0 Å². The molecule has 6 heteroatoms. The molecule has 0 aliphatic rings. The van der Waals surface area contributed by atoms with E-state index in [0.717, 1.165) is 0 Å². The molecule has 2 aromatic rings. The molecule has 0 saturated heterocycles. The fraction of sp³-hybridized carbons (Fsp3) is 0.143. The third-order valence-electron chi connectivity index (χ3n) is 2.68. The first-order chi connectivity index (χ1) is 9.47. The molecule has 20 heavy (non-hydrogen) atoms. The van der Waals surface area contributed by atoms with Crippen LogP contribution >= 0.6 is 11.6 Å². The Morgan fingerprint density at radius 1 is 1.05 bits per heavy atom. The summed E-state index contributed by atoms with van der Waals surface area (Å²) in [6.07, 6.45) is 0. The van der Waals surface area contributed by atoms with Gasteiger partial charge in [-0.25, -0.2) is 0 Å². The van der Waals surface area contributed by atoms with Gasteiger partial charge in [0.2, 0.25) is 0 Å². The van der Waals surface area contributed by atoms with Crippen molar-refractivity contribution >= 4 is 23.4 Å². The van der Waals surface area contributed by atoms with Crippen molar-refractivity contribution in [2.45, 2.75) is 13.8 Å². The summed E-state index contributed by atoms with van der Waals surface area (Å²) in [5.41, 5.74) is 5.45. The Hall–Kier alpha value is -2.27. The normalized spacial score (nSPS) is 10.2. The van der Waals surface area contributed by atoms with Crippen molar-refractivity contribution in [3.63, 3.8) is 0 Å². The fourth-order valence-electron chi connectivity index (χ4n) is 1.71. The molecular weight excluding hydrogens is 280 g/mol. The van der Waals surface area contributed by atoms with Crippen LogP contribution in [0.25, 0.3) is 0 Å². The van der Waals surface area contributed by atoms with Crippen LogP contribution in [0.3, 0.4) is 0 Å². The quantitative estimate of drug-likeness (QED) is 0.836. The number of halogens is 1. The first-order valence-corrected chi connectivity index (χ1v) is 6.28. The summed E-state index contributed by atoms with van der Waals surface area (Å²) in [6, 6.07) is 7.94. The highest BCUT2D eigenvalue weighted by atomic mass is 35.5. The van der Waals surface area contributed by atoms with Crippen LogP contribution < -0.4 is 10.9 Å². The number of rotatable bonds is 2. The maximum atomic E-state index is 11.9. The molecule has 1 aromatic heterocycles. The van der Waals surface area contributed by atoms with Gasteiger partial charge in [-0.05, 0) is 44.2 Å². The Kier molecular flexibility index (Phi) is 4.10. The van der Waals surface area contributed by atoms with Gasteiger partial charge in [0.25, 0.3) is 11.8 Å². The highest BCUT2D eigenvalue weighted by molar-refractivity contribution is 6.30. The fourth-order valence-corrected chi connectivity index (χ4v) is 1.84. The Morgan fingerprint density at radius 2 is 1.65 bits per heavy atom. The van der Waals surface area contributed by atoms with E-state index in [1.54, 1.807) is 44.2 Å². The molecule has 0 aliphatic heterocycles. The number of hydrazine groups is 1. The topological polar surface area (TPSA) is 71.3 Å². The lowest BCUT2D eigenvalue weighted by Gasteiger charge is -2.06. The van der Waals surface area contributed by atoms with Crippen LogP contribution in [0.1, 0.15) is 32.2 Å². The molecular formula is C14H13ClN2O3. The number of hydrogen-bond acceptors (Lipinski definition) is 3. The van der Waals surface area contributed by atoms with Crippen LogP contribution in [0.5, 0.6) is 0 Å². The van der Waals surface area contributed by atoms with Crippen molar-refractivity contribution in [2.24, 2.45) is 0 Å². The number of furan rings is 1. The van der Waals surface area contributed by atoms with Gasteiger partial charge in [-0.15, -0.1) is 0 Å². The molecule has 2 N–H and O–H groups in total. The number of carbonyl (C=O) groups excluding carboxylic acids is 2. The van der Waals surface area contributed by atoms with Crippen molar-refractivity contribution < 1.29 is 14.0 Å². The molecule has 0 fully saturated rings. The summed E-state index contributed by atoms with van der Waals surface area (Å²) >= 11 is 5.73. The second-order valence-electron chi connectivity index (χ2n) is 4.24. The van der Waals surface area contributed by atoms with Crippen molar-refractivity contribution in [3.05, 3.63) is 58.0 Å². The number of nitrogens with one attached hydrogen (secondary N) is 2. The van der Waals surface area contributed by atoms with E-state index in [4.69, 9.17) is 16.0 Å². The standard InChI is InChI=1S/C14H13ClN2O3/c1-8-7-12(9(2)20-8)14(19)17-16-13(18)10-3-5-11(15)6-4-10/h3-7H,1-2H3,(H,16,18)(H,17,19). The number of hydrogen-bond donors (Lipinski definition) is 2. The van der Waals surface area contributed by atoms with E-state index in [1.165, 1.54) is 0 Å². The van der Waals surface area contributed by atoms with Gasteiger partial charge in [-0.2, -0.15) is 0 Å². The highest BCUT2D eigenvalue weighted by Gasteiger charge is 2.14. The second-order valence-corrected chi connectivity index (χ2v) is 4.68. The van der Waals surface area contributed by atoms with Gasteiger partial charge in [0, 0.05) is 10.6 Å². The summed E-state index contributed by atoms with van der Waals surface area (Å²) in [5, 5.41) is 0.537. The molecule has 1 aromatic carbocycles. The van der Waals surface area contributed by atoms with Crippen molar-refractivity contribution in [2.75, 3.05) is 0 Å². The zero-order valence-corrected chi connectivity index (χ0v) is 11.7. The van der Waals surface area contributed by atoms with E-state index < -0.39 is 11.8 Å². The number of aryl methyl sites for hydroxylation is 2. The molecule has 2 amide bonds. The van der Waals surface area contributed by atoms with E-state index in [9.17, 15) is 9.59 Å². The molecule has 0 aliphatic carbocycles. The molecule has 0 spiro atoms. The SMILES string of the molecule is Cc1cc(C(=O)NNC(=O)c2ccc(Cl)cc2)c(C)o1. The van der Waals surface area contributed by atoms with Gasteiger partial charge < -0.3 is 4.42 Å². The molecule has 5 nitrogen and oxygen atoms in total. The monoisotopic (exact) mass is 292 g/mol. The number of benzene rings is 1. The van der Waals surface area contributed by atoms with Crippen LogP contribution in [0.4, 0.5) is 0 Å². The van der Waals surface area contributed by atoms with Crippen molar-refractivity contribution in [1.82, 2.24) is 10.9 Å². The first kappa shape index (κ1) is 14.1. The summed E-state index contributed by atoms with van der Waals surface area (Å²) in [5.74, 6) is 0.284. The maximum Gasteiger partial charge on any atom is 0.273 e. The summed E-state index contributed by atoms with van der Waals surface area (Å²) in [7, 11) is 0. The Balaban J connectivity index is 1.98. The maximum absolute atomic E-state index is 11.9. The third kappa shape index (κ3) is 3.19. The lowest BCUT2D eigenvalue weighted by molar-refractivity contribution is 0.0845. The molecule has 0 bridgehead atoms. The van der Waals surface area contributed by atoms with Crippen LogP contribution in [0.2, 0.25) is 5.02 Å². The molecule has 0 radical (unpaired) electrons. The van der Waals surface area contributed by atoms with E-state index in [2.05, 4.69) is 10.9 Å². The first-order valence-electron chi connectivity index (χ1n) is 5.90. The average Bonchev–Trinajstić information content (AvgIpc) is 2.75. The van der Waals surface area contributed by atoms with Crippen molar-refractivity contribution in [3.8, 4) is 0 Å². The summed E-state index contributed by atoms with van der Waals surface area (Å²) in [4.78, 5) is 23.7. The lowest BCUT2D eigenvalue weighted by Crippen LogP contribution is -2.41. The van der Waals surface area contributed by atoms with E-state index >= 15 is 0 Å². The van der Waals surface area contributed by atoms with E-state index in [-0.39, 0.29) is 0 Å². The molecule has 0 atom stereocenters. The number of amides is 2. The van der Waals surface area contributed by atoms with Crippen LogP contribution in [0, 0.1) is 13.8 Å². The predicted octanol–water partition coefficient (Wildman–Crippen LogP) is 2.62. The zero-order valence-electron chi connectivity index (χ0n) is 11.0. The Labute approximate surface area is 120 Å². The molecule has 2 rings (SSSR count). The lowest BCUT2D eigenvalue weighted by atomic mass is 10.2. The number of carbonyl (C=O) groups is 2. The van der Waals surface area contributed by atoms with Gasteiger partial charge >= 0.3 is 0 Å². The van der Waals surface area contributed by atoms with Gasteiger partial charge in [0.05, 0.1) is 5.56 Å². The Bertz CT molecular complexity index is 647. The van der Waals surface area contributed by atoms with Gasteiger partial charge in [-0.1, -0.05) is 11.6 Å². The molecule has 104 valence electrons. The predicted molar refractivity (Wildman–Crippen MR) is 74.6 cm³/mol. The van der Waals surface area contributed by atoms with Gasteiger partial charge in [0.15, 0.2) is 0 Å². The molecule has 0 saturated carbocycles. The van der Waals surface area contributed by atoms with Gasteiger partial charge in [0.1, 0.15) is 11.5 Å². The van der Waals surface area contributed by atoms with Crippen LogP contribution in [0.15, 0.2) is 34.7 Å². The minimum absolute atomic E-state index is 0.388. The van der Waals surface area contributed by atoms with Crippen molar-refractivity contribution in [1.29, 1.82) is 0 Å². The van der Waals surface area contributed by atoms with E-state index in [1.807, 2.05) is 0 Å². The highest BCUT2D eigenvalue weighted by Crippen LogP contribution is 2.13. The minimum atomic E-state index is -0.429. The van der Waals surface area contributed by atoms with Crippen LogP contribution in [-0.4, -0.2) is 11.8 Å². The second kappa shape index (κ2) is 5.79. The summed E-state index contributed by atoms with van der Waals surface area (Å²) < 4.78 is 5.25. The average molecular weight is 293 g/mol. The Morgan fingerprint density at radius 3 is 2.20 bits per heavy atom. The molecule has 0 unspecified atom stereocenters. The minimum Gasteiger partial charge on any atom is -0.466 e. The zero-order chi connectivity index (χ0) is 14.7.